The topological polar surface area (TPSA) is 125 Å². The Morgan fingerprint density at radius 1 is 1.24 bits per heavy atom. The van der Waals surface area contributed by atoms with Crippen molar-refractivity contribution in [2.45, 2.75) is 39.2 Å². The number of thiophene rings is 1. The number of carbonyl (C=O) groups is 1. The molecule has 1 fully saturated rings. The lowest BCUT2D eigenvalue weighted by molar-refractivity contribution is 0.102. The largest absolute Gasteiger partial charge is 0.321 e. The Hall–Kier alpha value is -4.28. The first kappa shape index (κ1) is 26.9. The third-order valence-electron chi connectivity index (χ3n) is 7.56. The van der Waals surface area contributed by atoms with E-state index in [1.165, 1.54) is 37.0 Å². The predicted molar refractivity (Wildman–Crippen MR) is 164 cm³/mol. The standard InChI is InChI=1S/C31H32N8OS/c1-18-24(13-25(32-3)22-12-21(16-34-17-22)15-33-14-20-6-4-5-7-20)29(39-38-18)31-36-28-23(10-11-35-30(28)37-31)27-9-8-26(41-27)19(2)40/h8-13,16-17,20,33,38H,1,4-7,14-15H2,2-3H3,(H,35,36,37)/b24-13+,32-25+. The number of carbonyl (C=O) groups excluding carboxylic acids is 1. The van der Waals surface area contributed by atoms with E-state index in [-0.39, 0.29) is 5.78 Å². The lowest BCUT2D eigenvalue weighted by Gasteiger charge is -2.11. The molecule has 0 saturated heterocycles. The highest BCUT2D eigenvalue weighted by Crippen LogP contribution is 2.33. The Labute approximate surface area is 241 Å². The van der Waals surface area contributed by atoms with Crippen LogP contribution in [0.15, 0.2) is 47.8 Å². The Morgan fingerprint density at radius 2 is 2.10 bits per heavy atom. The van der Waals surface area contributed by atoms with Crippen LogP contribution in [0.3, 0.4) is 0 Å². The minimum atomic E-state index is 0.0448. The monoisotopic (exact) mass is 564 g/mol. The molecule has 0 unspecified atom stereocenters. The average molecular weight is 565 g/mol. The fourth-order valence-electron chi connectivity index (χ4n) is 5.39. The van der Waals surface area contributed by atoms with Gasteiger partial charge in [-0.05, 0) is 68.1 Å². The number of nitrogens with zero attached hydrogens (tertiary/aromatic N) is 5. The number of aliphatic imine (C=N–C) groups is 1. The van der Waals surface area contributed by atoms with Gasteiger partial charge in [0, 0.05) is 53.4 Å². The molecule has 6 rings (SSSR count). The molecule has 1 aliphatic rings. The first-order valence-corrected chi connectivity index (χ1v) is 14.6. The molecular weight excluding hydrogens is 532 g/mol. The fraction of sp³-hybridized carbons (Fsp3) is 0.290. The summed E-state index contributed by atoms with van der Waals surface area (Å²) in [7, 11) is 1.77. The lowest BCUT2D eigenvalue weighted by atomic mass is 10.1. The van der Waals surface area contributed by atoms with Gasteiger partial charge in [0.25, 0.3) is 0 Å². The number of imidazole rings is 1. The van der Waals surface area contributed by atoms with Gasteiger partial charge in [-0.25, -0.2) is 9.97 Å². The summed E-state index contributed by atoms with van der Waals surface area (Å²) in [5, 5.41) is 12.6. The molecule has 0 radical (unpaired) electrons. The molecular formula is C31H32N8OS. The van der Waals surface area contributed by atoms with Crippen LogP contribution in [0.4, 0.5) is 0 Å². The van der Waals surface area contributed by atoms with Gasteiger partial charge in [-0.1, -0.05) is 19.4 Å². The van der Waals surface area contributed by atoms with Gasteiger partial charge in [0.15, 0.2) is 17.3 Å². The summed E-state index contributed by atoms with van der Waals surface area (Å²) in [4.78, 5) is 35.3. The first-order chi connectivity index (χ1) is 20.0. The molecule has 0 bridgehead atoms. The molecule has 0 atom stereocenters. The van der Waals surface area contributed by atoms with E-state index in [2.05, 4.69) is 48.1 Å². The second-order valence-corrected chi connectivity index (χ2v) is 11.5. The number of H-pyrrole nitrogens is 2. The second kappa shape index (κ2) is 11.7. The van der Waals surface area contributed by atoms with Gasteiger partial charge in [0.05, 0.1) is 15.9 Å². The molecule has 0 amide bonds. The van der Waals surface area contributed by atoms with E-state index in [1.807, 2.05) is 36.7 Å². The van der Waals surface area contributed by atoms with Gasteiger partial charge in [0.2, 0.25) is 0 Å². The lowest BCUT2D eigenvalue weighted by Crippen LogP contribution is -2.24. The Morgan fingerprint density at radius 3 is 2.88 bits per heavy atom. The number of aromatic amines is 2. The highest BCUT2D eigenvalue weighted by molar-refractivity contribution is 7.17. The zero-order valence-corrected chi connectivity index (χ0v) is 24.0. The maximum Gasteiger partial charge on any atom is 0.169 e. The zero-order valence-electron chi connectivity index (χ0n) is 23.2. The first-order valence-electron chi connectivity index (χ1n) is 13.8. The molecule has 0 aliphatic heterocycles. The molecule has 3 N–H and O–H groups in total. The Kier molecular flexibility index (Phi) is 7.67. The van der Waals surface area contributed by atoms with E-state index >= 15 is 0 Å². The maximum atomic E-state index is 11.9. The molecule has 5 aromatic rings. The van der Waals surface area contributed by atoms with Crippen molar-refractivity contribution in [3.8, 4) is 22.0 Å². The minimum absolute atomic E-state index is 0.0448. The van der Waals surface area contributed by atoms with Gasteiger partial charge in [-0.2, -0.15) is 5.10 Å². The number of hydrogen-bond acceptors (Lipinski definition) is 8. The fourth-order valence-corrected chi connectivity index (χ4v) is 6.32. The van der Waals surface area contributed by atoms with Crippen LogP contribution in [-0.2, 0) is 6.54 Å². The Bertz CT molecular complexity index is 1860. The van der Waals surface area contributed by atoms with Crippen LogP contribution in [0.5, 0.6) is 0 Å². The van der Waals surface area contributed by atoms with Gasteiger partial charge in [-0.15, -0.1) is 11.3 Å². The quantitative estimate of drug-likeness (QED) is 0.182. The molecule has 1 aliphatic carbocycles. The van der Waals surface area contributed by atoms with Crippen LogP contribution in [0.1, 0.15) is 53.4 Å². The minimum Gasteiger partial charge on any atom is -0.321 e. The van der Waals surface area contributed by atoms with Gasteiger partial charge in [-0.3, -0.25) is 19.9 Å². The van der Waals surface area contributed by atoms with Crippen LogP contribution in [0.25, 0.3) is 45.8 Å². The molecule has 0 spiro atoms. The highest BCUT2D eigenvalue weighted by Gasteiger charge is 2.17. The number of nitrogens with one attached hydrogen (secondary N) is 3. The second-order valence-electron chi connectivity index (χ2n) is 10.4. The Balaban J connectivity index is 1.31. The van der Waals surface area contributed by atoms with Crippen molar-refractivity contribution in [1.29, 1.82) is 0 Å². The zero-order chi connectivity index (χ0) is 28.3. The van der Waals surface area contributed by atoms with Crippen LogP contribution in [-0.4, -0.2) is 55.2 Å². The molecule has 9 nitrogen and oxygen atoms in total. The van der Waals surface area contributed by atoms with Crippen molar-refractivity contribution in [1.82, 2.24) is 35.5 Å². The SMILES string of the molecule is C=c1[nH]nc(-c2nc3c(-c4ccc(C(C)=O)s4)ccnc3[nH]2)/c1=C/C(=N\C)c1cncc(CNCC2CCCC2)c1. The molecule has 41 heavy (non-hydrogen) atoms. The summed E-state index contributed by atoms with van der Waals surface area (Å²) in [6.07, 6.45) is 12.8. The van der Waals surface area contributed by atoms with E-state index in [1.54, 1.807) is 20.2 Å². The van der Waals surface area contributed by atoms with E-state index in [0.29, 0.717) is 32.9 Å². The van der Waals surface area contributed by atoms with Gasteiger partial charge in [0.1, 0.15) is 11.2 Å². The third kappa shape index (κ3) is 5.66. The number of hydrogen-bond donors (Lipinski definition) is 3. The smallest absolute Gasteiger partial charge is 0.169 e. The number of aromatic nitrogens is 6. The van der Waals surface area contributed by atoms with Crippen LogP contribution < -0.4 is 15.9 Å². The summed E-state index contributed by atoms with van der Waals surface area (Å²) in [6, 6.07) is 7.84. The van der Waals surface area contributed by atoms with Crippen molar-refractivity contribution in [3.05, 3.63) is 69.4 Å². The predicted octanol–water partition coefficient (Wildman–Crippen LogP) is 4.26. The third-order valence-corrected chi connectivity index (χ3v) is 8.78. The molecule has 1 saturated carbocycles. The van der Waals surface area contributed by atoms with Crippen LogP contribution >= 0.6 is 11.3 Å². The van der Waals surface area contributed by atoms with Gasteiger partial charge >= 0.3 is 0 Å². The van der Waals surface area contributed by atoms with E-state index < -0.39 is 0 Å². The van der Waals surface area contributed by atoms with Crippen molar-refractivity contribution < 1.29 is 4.79 Å². The van der Waals surface area contributed by atoms with E-state index in [4.69, 9.17) is 4.98 Å². The average Bonchev–Trinajstić information content (AvgIpc) is 3.79. The number of pyridine rings is 2. The summed E-state index contributed by atoms with van der Waals surface area (Å²) in [5.41, 5.74) is 5.70. The summed E-state index contributed by atoms with van der Waals surface area (Å²) in [5.74, 6) is 1.40. The molecule has 0 aromatic carbocycles. The normalized spacial score (nSPS) is 14.9. The van der Waals surface area contributed by atoms with Crippen LogP contribution in [0.2, 0.25) is 0 Å². The number of rotatable bonds is 9. The molecule has 5 aromatic heterocycles. The summed E-state index contributed by atoms with van der Waals surface area (Å²) < 4.78 is 0. The van der Waals surface area contributed by atoms with Crippen molar-refractivity contribution in [3.63, 3.8) is 0 Å². The van der Waals surface area contributed by atoms with Crippen molar-refractivity contribution in [2.75, 3.05) is 13.6 Å². The number of ketones is 1. The number of fused-ring (bicyclic) bond motifs is 1. The summed E-state index contributed by atoms with van der Waals surface area (Å²) in [6.45, 7) is 7.56. The van der Waals surface area contributed by atoms with E-state index in [9.17, 15) is 4.79 Å². The summed E-state index contributed by atoms with van der Waals surface area (Å²) >= 11 is 1.45. The highest BCUT2D eigenvalue weighted by atomic mass is 32.1. The van der Waals surface area contributed by atoms with Crippen molar-refractivity contribution >= 4 is 46.7 Å². The maximum absolute atomic E-state index is 11.9. The van der Waals surface area contributed by atoms with Crippen molar-refractivity contribution in [2.24, 2.45) is 10.9 Å². The van der Waals surface area contributed by atoms with Gasteiger partial charge < -0.3 is 10.3 Å². The number of Topliss-reactive ketones (excluding diaryl/α,β-unsaturated/α-hetero) is 1. The molecule has 5 heterocycles. The molecule has 10 heteroatoms. The van der Waals surface area contributed by atoms with Crippen LogP contribution in [0, 0.1) is 5.92 Å². The molecule has 208 valence electrons. The van der Waals surface area contributed by atoms with E-state index in [0.717, 1.165) is 51.5 Å².